The molecule has 5 nitrogen and oxygen atoms in total. The van der Waals surface area contributed by atoms with Crippen molar-refractivity contribution in [1.29, 1.82) is 0 Å². The predicted octanol–water partition coefficient (Wildman–Crippen LogP) is 4.86. The fraction of sp³-hybridized carbons (Fsp3) is 0.0476. The van der Waals surface area contributed by atoms with Crippen molar-refractivity contribution in [3.8, 4) is 5.75 Å². The Bertz CT molecular complexity index is 1160. The number of rotatable bonds is 4. The first-order valence-electron chi connectivity index (χ1n) is 8.03. The number of aromatic nitrogens is 1. The minimum absolute atomic E-state index is 0.224. The fourth-order valence-corrected chi connectivity index (χ4v) is 2.92. The summed E-state index contributed by atoms with van der Waals surface area (Å²) in [5.41, 5.74) is 2.08. The SMILES string of the molecule is COc1cccc2cc(C=Cc3cc(C(=O)O)c4ccccc4n3)oc12. The number of aromatic carboxylic acids is 1. The zero-order valence-electron chi connectivity index (χ0n) is 14.0. The van der Waals surface area contributed by atoms with Gasteiger partial charge in [0.15, 0.2) is 11.3 Å². The third kappa shape index (κ3) is 2.80. The highest BCUT2D eigenvalue weighted by molar-refractivity contribution is 6.03. The van der Waals surface area contributed by atoms with Crippen molar-refractivity contribution in [2.45, 2.75) is 0 Å². The van der Waals surface area contributed by atoms with Crippen molar-refractivity contribution >= 4 is 40.0 Å². The van der Waals surface area contributed by atoms with Gasteiger partial charge in [0.2, 0.25) is 0 Å². The van der Waals surface area contributed by atoms with Gasteiger partial charge in [0.1, 0.15) is 5.76 Å². The van der Waals surface area contributed by atoms with Gasteiger partial charge in [-0.15, -0.1) is 0 Å². The fourth-order valence-electron chi connectivity index (χ4n) is 2.92. The Morgan fingerprint density at radius 1 is 1.12 bits per heavy atom. The van der Waals surface area contributed by atoms with E-state index >= 15 is 0 Å². The summed E-state index contributed by atoms with van der Waals surface area (Å²) in [5.74, 6) is 0.321. The van der Waals surface area contributed by atoms with Gasteiger partial charge in [-0.25, -0.2) is 9.78 Å². The first kappa shape index (κ1) is 15.9. The number of furan rings is 1. The van der Waals surface area contributed by atoms with Gasteiger partial charge in [-0.05, 0) is 36.4 Å². The summed E-state index contributed by atoms with van der Waals surface area (Å²) in [6, 6.07) is 16.3. The largest absolute Gasteiger partial charge is 0.493 e. The molecule has 0 atom stereocenters. The quantitative estimate of drug-likeness (QED) is 0.572. The first-order chi connectivity index (χ1) is 12.7. The Kier molecular flexibility index (Phi) is 3.89. The van der Waals surface area contributed by atoms with Crippen molar-refractivity contribution < 1.29 is 19.1 Å². The normalized spacial score (nSPS) is 11.4. The molecule has 4 rings (SSSR count). The lowest BCUT2D eigenvalue weighted by molar-refractivity contribution is 0.0699. The van der Waals surface area contributed by atoms with E-state index in [2.05, 4.69) is 4.98 Å². The number of fused-ring (bicyclic) bond motifs is 2. The lowest BCUT2D eigenvalue weighted by atomic mass is 10.1. The molecule has 1 N–H and O–H groups in total. The highest BCUT2D eigenvalue weighted by Gasteiger charge is 2.11. The van der Waals surface area contributed by atoms with Crippen LogP contribution in [0.4, 0.5) is 0 Å². The molecule has 0 aliphatic rings. The Morgan fingerprint density at radius 3 is 2.77 bits per heavy atom. The molecule has 0 unspecified atom stereocenters. The third-order valence-corrected chi connectivity index (χ3v) is 4.13. The van der Waals surface area contributed by atoms with Gasteiger partial charge in [-0.2, -0.15) is 0 Å². The van der Waals surface area contributed by atoms with Crippen LogP contribution in [0.2, 0.25) is 0 Å². The maximum atomic E-state index is 11.5. The topological polar surface area (TPSA) is 72.6 Å². The zero-order chi connectivity index (χ0) is 18.1. The van der Waals surface area contributed by atoms with Crippen LogP contribution < -0.4 is 4.74 Å². The van der Waals surface area contributed by atoms with Crippen LogP contribution in [0.1, 0.15) is 21.8 Å². The van der Waals surface area contributed by atoms with Crippen LogP contribution in [0.15, 0.2) is 59.0 Å². The molecule has 0 aliphatic carbocycles. The van der Waals surface area contributed by atoms with E-state index in [1.54, 1.807) is 43.5 Å². The predicted molar refractivity (Wildman–Crippen MR) is 100 cm³/mol. The average Bonchev–Trinajstić information content (AvgIpc) is 3.08. The van der Waals surface area contributed by atoms with Gasteiger partial charge in [-0.1, -0.05) is 30.3 Å². The molecule has 0 radical (unpaired) electrons. The second-order valence-electron chi connectivity index (χ2n) is 5.78. The molecule has 26 heavy (non-hydrogen) atoms. The van der Waals surface area contributed by atoms with Crippen molar-refractivity contribution in [2.24, 2.45) is 0 Å². The van der Waals surface area contributed by atoms with Crippen LogP contribution in [-0.2, 0) is 0 Å². The molecular formula is C21H15NO4. The number of carboxylic acid groups (broad SMARTS) is 1. The summed E-state index contributed by atoms with van der Waals surface area (Å²) in [6.07, 6.45) is 3.51. The minimum atomic E-state index is -0.980. The van der Waals surface area contributed by atoms with Crippen LogP contribution in [0.25, 0.3) is 34.0 Å². The number of para-hydroxylation sites is 2. The summed E-state index contributed by atoms with van der Waals surface area (Å²) in [4.78, 5) is 16.0. The molecule has 0 aliphatic heterocycles. The second kappa shape index (κ2) is 6.37. The van der Waals surface area contributed by atoms with Gasteiger partial charge >= 0.3 is 5.97 Å². The molecule has 5 heteroatoms. The summed E-state index contributed by atoms with van der Waals surface area (Å²) < 4.78 is 11.1. The van der Waals surface area contributed by atoms with E-state index in [0.29, 0.717) is 33.7 Å². The Hall–Kier alpha value is -3.60. The van der Waals surface area contributed by atoms with E-state index in [-0.39, 0.29) is 5.56 Å². The van der Waals surface area contributed by atoms with Crippen LogP contribution in [-0.4, -0.2) is 23.2 Å². The van der Waals surface area contributed by atoms with Gasteiger partial charge in [0.25, 0.3) is 0 Å². The molecule has 4 aromatic rings. The highest BCUT2D eigenvalue weighted by Crippen LogP contribution is 2.29. The minimum Gasteiger partial charge on any atom is -0.493 e. The molecule has 2 aromatic heterocycles. The van der Waals surface area contributed by atoms with E-state index in [0.717, 1.165) is 5.39 Å². The first-order valence-corrected chi connectivity index (χ1v) is 8.03. The Labute approximate surface area is 149 Å². The van der Waals surface area contributed by atoms with Crippen LogP contribution in [0.5, 0.6) is 5.75 Å². The van der Waals surface area contributed by atoms with Crippen molar-refractivity contribution in [3.63, 3.8) is 0 Å². The molecule has 2 heterocycles. The van der Waals surface area contributed by atoms with Crippen molar-refractivity contribution in [3.05, 3.63) is 71.6 Å². The van der Waals surface area contributed by atoms with Crippen molar-refractivity contribution in [2.75, 3.05) is 7.11 Å². The number of nitrogens with zero attached hydrogens (tertiary/aromatic N) is 1. The van der Waals surface area contributed by atoms with E-state index in [9.17, 15) is 9.90 Å². The van der Waals surface area contributed by atoms with Gasteiger partial charge < -0.3 is 14.3 Å². The number of ether oxygens (including phenoxy) is 1. The van der Waals surface area contributed by atoms with E-state index in [1.807, 2.05) is 30.3 Å². The molecule has 0 saturated carbocycles. The summed E-state index contributed by atoms with van der Waals surface area (Å²) in [5, 5.41) is 11.0. The zero-order valence-corrected chi connectivity index (χ0v) is 14.0. The van der Waals surface area contributed by atoms with Crippen molar-refractivity contribution in [1.82, 2.24) is 4.98 Å². The molecule has 0 saturated heterocycles. The van der Waals surface area contributed by atoms with Gasteiger partial charge in [0.05, 0.1) is 23.9 Å². The molecule has 2 aromatic carbocycles. The maximum absolute atomic E-state index is 11.5. The number of hydrogen-bond acceptors (Lipinski definition) is 4. The summed E-state index contributed by atoms with van der Waals surface area (Å²) in [6.45, 7) is 0. The third-order valence-electron chi connectivity index (χ3n) is 4.13. The molecule has 0 fully saturated rings. The smallest absolute Gasteiger partial charge is 0.336 e. The van der Waals surface area contributed by atoms with Gasteiger partial charge in [-0.3, -0.25) is 0 Å². The molecular weight excluding hydrogens is 330 g/mol. The standard InChI is InChI=1S/C21H15NO4/c1-25-19-8-4-5-13-11-15(26-20(13)19)10-9-14-12-17(21(23)24)16-6-2-3-7-18(16)22-14/h2-12H,1H3,(H,23,24). The molecule has 0 bridgehead atoms. The monoisotopic (exact) mass is 345 g/mol. The second-order valence-corrected chi connectivity index (χ2v) is 5.78. The molecule has 0 spiro atoms. The number of pyridine rings is 1. The van der Waals surface area contributed by atoms with Crippen LogP contribution >= 0.6 is 0 Å². The molecule has 128 valence electrons. The summed E-state index contributed by atoms with van der Waals surface area (Å²) in [7, 11) is 1.60. The lowest BCUT2D eigenvalue weighted by Crippen LogP contribution is -2.00. The van der Waals surface area contributed by atoms with E-state index in [1.165, 1.54) is 0 Å². The van der Waals surface area contributed by atoms with Gasteiger partial charge in [0, 0.05) is 10.8 Å². The number of benzene rings is 2. The van der Waals surface area contributed by atoms with Crippen LogP contribution in [0.3, 0.4) is 0 Å². The molecule has 0 amide bonds. The number of hydrogen-bond donors (Lipinski definition) is 1. The highest BCUT2D eigenvalue weighted by atomic mass is 16.5. The average molecular weight is 345 g/mol. The number of carboxylic acids is 1. The number of carbonyl (C=O) groups is 1. The maximum Gasteiger partial charge on any atom is 0.336 e. The summed E-state index contributed by atoms with van der Waals surface area (Å²) >= 11 is 0. The van der Waals surface area contributed by atoms with E-state index in [4.69, 9.17) is 9.15 Å². The van der Waals surface area contributed by atoms with Crippen LogP contribution in [0, 0.1) is 0 Å². The lowest BCUT2D eigenvalue weighted by Gasteiger charge is -2.03. The van der Waals surface area contributed by atoms with E-state index < -0.39 is 5.97 Å². The Balaban J connectivity index is 1.76. The number of methoxy groups -OCH3 is 1. The Morgan fingerprint density at radius 2 is 1.96 bits per heavy atom.